The highest BCUT2D eigenvalue weighted by Crippen LogP contribution is 2.23. The van der Waals surface area contributed by atoms with Gasteiger partial charge in [0, 0.05) is 42.8 Å². The SMILES string of the molecule is CS(=O)(=O)N1CCC(NC(=O)c2cn(Cc3ccccc3)c3ccccc23)CC1. The first-order chi connectivity index (χ1) is 13.9. The summed E-state index contributed by atoms with van der Waals surface area (Å²) < 4.78 is 26.9. The molecule has 4 rings (SSSR count). The van der Waals surface area contributed by atoms with Crippen molar-refractivity contribution in [2.45, 2.75) is 25.4 Å². The summed E-state index contributed by atoms with van der Waals surface area (Å²) >= 11 is 0. The molecule has 0 radical (unpaired) electrons. The van der Waals surface area contributed by atoms with Gasteiger partial charge in [-0.25, -0.2) is 12.7 Å². The molecule has 1 saturated heterocycles. The predicted octanol–water partition coefficient (Wildman–Crippen LogP) is 2.84. The minimum atomic E-state index is -3.17. The van der Waals surface area contributed by atoms with Crippen LogP contribution < -0.4 is 5.32 Å². The third-order valence-electron chi connectivity index (χ3n) is 5.49. The van der Waals surface area contributed by atoms with Crippen molar-refractivity contribution in [1.82, 2.24) is 14.2 Å². The van der Waals surface area contributed by atoms with Crippen molar-refractivity contribution >= 4 is 26.8 Å². The second-order valence-corrected chi connectivity index (χ2v) is 9.57. The van der Waals surface area contributed by atoms with Gasteiger partial charge in [-0.3, -0.25) is 4.79 Å². The average Bonchev–Trinajstić information content (AvgIpc) is 3.07. The molecule has 3 aromatic rings. The molecule has 6 nitrogen and oxygen atoms in total. The highest BCUT2D eigenvalue weighted by atomic mass is 32.2. The summed E-state index contributed by atoms with van der Waals surface area (Å²) in [6.07, 6.45) is 4.40. The van der Waals surface area contributed by atoms with Crippen molar-refractivity contribution in [2.75, 3.05) is 19.3 Å². The van der Waals surface area contributed by atoms with E-state index in [4.69, 9.17) is 0 Å². The van der Waals surface area contributed by atoms with E-state index in [1.54, 1.807) is 0 Å². The molecule has 0 saturated carbocycles. The fraction of sp³-hybridized carbons (Fsp3) is 0.318. The van der Waals surface area contributed by atoms with E-state index in [0.29, 0.717) is 38.0 Å². The highest BCUT2D eigenvalue weighted by molar-refractivity contribution is 7.88. The largest absolute Gasteiger partial charge is 0.349 e. The first-order valence-corrected chi connectivity index (χ1v) is 11.6. The fourth-order valence-corrected chi connectivity index (χ4v) is 4.81. The summed E-state index contributed by atoms with van der Waals surface area (Å²) in [5.74, 6) is -0.106. The number of carbonyl (C=O) groups is 1. The third kappa shape index (κ3) is 4.36. The van der Waals surface area contributed by atoms with Crippen LogP contribution in [0.1, 0.15) is 28.8 Å². The van der Waals surface area contributed by atoms with Gasteiger partial charge < -0.3 is 9.88 Å². The van der Waals surface area contributed by atoms with Crippen LogP contribution >= 0.6 is 0 Å². The Morgan fingerprint density at radius 2 is 1.69 bits per heavy atom. The smallest absolute Gasteiger partial charge is 0.253 e. The standard InChI is InChI=1S/C22H25N3O3S/c1-29(27,28)25-13-11-18(12-14-25)23-22(26)20-16-24(15-17-7-3-2-4-8-17)21-10-6-5-9-19(20)21/h2-10,16,18H,11-15H2,1H3,(H,23,26). The van der Waals surface area contributed by atoms with E-state index in [2.05, 4.69) is 22.0 Å². The molecule has 29 heavy (non-hydrogen) atoms. The number of para-hydroxylation sites is 1. The quantitative estimate of drug-likeness (QED) is 0.702. The number of amides is 1. The third-order valence-corrected chi connectivity index (χ3v) is 6.79. The number of sulfonamides is 1. The summed E-state index contributed by atoms with van der Waals surface area (Å²) in [4.78, 5) is 13.0. The maximum atomic E-state index is 13.0. The first-order valence-electron chi connectivity index (χ1n) is 9.79. The number of benzene rings is 2. The maximum Gasteiger partial charge on any atom is 0.253 e. The zero-order valence-electron chi connectivity index (χ0n) is 16.4. The number of fused-ring (bicyclic) bond motifs is 1. The molecule has 0 unspecified atom stereocenters. The molecule has 1 aliphatic rings. The summed E-state index contributed by atoms with van der Waals surface area (Å²) in [6.45, 7) is 1.58. The molecule has 0 aliphatic carbocycles. The van der Waals surface area contributed by atoms with Gasteiger partial charge in [-0.15, -0.1) is 0 Å². The predicted molar refractivity (Wildman–Crippen MR) is 114 cm³/mol. The van der Waals surface area contributed by atoms with E-state index in [0.717, 1.165) is 10.9 Å². The topological polar surface area (TPSA) is 71.4 Å². The van der Waals surface area contributed by atoms with E-state index in [-0.39, 0.29) is 11.9 Å². The Labute approximate surface area is 171 Å². The maximum absolute atomic E-state index is 13.0. The van der Waals surface area contributed by atoms with Crippen LogP contribution in [0.2, 0.25) is 0 Å². The lowest BCUT2D eigenvalue weighted by Gasteiger charge is -2.30. The number of aromatic nitrogens is 1. The number of hydrogen-bond acceptors (Lipinski definition) is 3. The van der Waals surface area contributed by atoms with Gasteiger partial charge >= 0.3 is 0 Å². The average molecular weight is 412 g/mol. The van der Waals surface area contributed by atoms with Crippen molar-refractivity contribution < 1.29 is 13.2 Å². The Morgan fingerprint density at radius 1 is 1.03 bits per heavy atom. The van der Waals surface area contributed by atoms with Crippen LogP contribution in [0.15, 0.2) is 60.8 Å². The van der Waals surface area contributed by atoms with Crippen molar-refractivity contribution in [3.8, 4) is 0 Å². The lowest BCUT2D eigenvalue weighted by Crippen LogP contribution is -2.46. The van der Waals surface area contributed by atoms with E-state index in [9.17, 15) is 13.2 Å². The number of nitrogens with zero attached hydrogens (tertiary/aromatic N) is 2. The highest BCUT2D eigenvalue weighted by Gasteiger charge is 2.26. The van der Waals surface area contributed by atoms with E-state index >= 15 is 0 Å². The van der Waals surface area contributed by atoms with Gasteiger partial charge in [-0.2, -0.15) is 0 Å². The zero-order valence-corrected chi connectivity index (χ0v) is 17.2. The molecule has 2 aromatic carbocycles. The van der Waals surface area contributed by atoms with Crippen LogP contribution in [0.3, 0.4) is 0 Å². The molecule has 1 aliphatic heterocycles. The van der Waals surface area contributed by atoms with Crippen LogP contribution in [0.4, 0.5) is 0 Å². The minimum Gasteiger partial charge on any atom is -0.349 e. The minimum absolute atomic E-state index is 0.0169. The summed E-state index contributed by atoms with van der Waals surface area (Å²) in [6, 6.07) is 18.1. The van der Waals surface area contributed by atoms with E-state index < -0.39 is 10.0 Å². The molecule has 152 valence electrons. The second-order valence-electron chi connectivity index (χ2n) is 7.58. The Bertz CT molecular complexity index is 1110. The number of hydrogen-bond donors (Lipinski definition) is 1. The van der Waals surface area contributed by atoms with Gasteiger partial charge in [-0.05, 0) is 24.5 Å². The van der Waals surface area contributed by atoms with Gasteiger partial charge in [-0.1, -0.05) is 48.5 Å². The van der Waals surface area contributed by atoms with Crippen LogP contribution in [0.25, 0.3) is 10.9 Å². The summed E-state index contributed by atoms with van der Waals surface area (Å²) in [5, 5.41) is 4.03. The van der Waals surface area contributed by atoms with Crippen molar-refractivity contribution in [3.63, 3.8) is 0 Å². The van der Waals surface area contributed by atoms with Crippen LogP contribution in [-0.2, 0) is 16.6 Å². The summed E-state index contributed by atoms with van der Waals surface area (Å²) in [5.41, 5.74) is 2.85. The summed E-state index contributed by atoms with van der Waals surface area (Å²) in [7, 11) is -3.17. The molecule has 1 aromatic heterocycles. The van der Waals surface area contributed by atoms with Crippen molar-refractivity contribution in [3.05, 3.63) is 71.9 Å². The lowest BCUT2D eigenvalue weighted by atomic mass is 10.1. The Hall–Kier alpha value is -2.64. The molecular weight excluding hydrogens is 386 g/mol. The second kappa shape index (κ2) is 8.00. The first kappa shape index (κ1) is 19.7. The normalized spacial score (nSPS) is 16.2. The monoisotopic (exact) mass is 411 g/mol. The fourth-order valence-electron chi connectivity index (χ4n) is 3.93. The number of nitrogens with one attached hydrogen (secondary N) is 1. The zero-order chi connectivity index (χ0) is 20.4. The van der Waals surface area contributed by atoms with Gasteiger partial charge in [0.2, 0.25) is 10.0 Å². The Kier molecular flexibility index (Phi) is 5.43. The Morgan fingerprint density at radius 3 is 2.38 bits per heavy atom. The van der Waals surface area contributed by atoms with Crippen molar-refractivity contribution in [1.29, 1.82) is 0 Å². The van der Waals surface area contributed by atoms with E-state index in [1.165, 1.54) is 16.1 Å². The van der Waals surface area contributed by atoms with Crippen LogP contribution in [-0.4, -0.2) is 48.6 Å². The molecule has 7 heteroatoms. The number of rotatable bonds is 5. The molecule has 0 atom stereocenters. The van der Waals surface area contributed by atoms with Gasteiger partial charge in [0.1, 0.15) is 0 Å². The molecule has 1 N–H and O–H groups in total. The van der Waals surface area contributed by atoms with E-state index in [1.807, 2.05) is 48.7 Å². The molecule has 0 spiro atoms. The molecule has 2 heterocycles. The molecule has 1 fully saturated rings. The van der Waals surface area contributed by atoms with Gasteiger partial charge in [0.25, 0.3) is 5.91 Å². The molecule has 0 bridgehead atoms. The van der Waals surface area contributed by atoms with Gasteiger partial charge in [0.15, 0.2) is 0 Å². The van der Waals surface area contributed by atoms with Crippen LogP contribution in [0, 0.1) is 0 Å². The molecule has 1 amide bonds. The van der Waals surface area contributed by atoms with Crippen molar-refractivity contribution in [2.24, 2.45) is 0 Å². The van der Waals surface area contributed by atoms with Gasteiger partial charge in [0.05, 0.1) is 11.8 Å². The number of piperidine rings is 1. The number of carbonyl (C=O) groups excluding carboxylic acids is 1. The lowest BCUT2D eigenvalue weighted by molar-refractivity contribution is 0.0925. The molecular formula is C22H25N3O3S. The van der Waals surface area contributed by atoms with Crippen LogP contribution in [0.5, 0.6) is 0 Å². The Balaban J connectivity index is 1.52.